The third-order valence-electron chi connectivity index (χ3n) is 5.14. The Morgan fingerprint density at radius 3 is 2.36 bits per heavy atom. The lowest BCUT2D eigenvalue weighted by atomic mass is 9.79. The molecule has 25 heavy (non-hydrogen) atoms. The van der Waals surface area contributed by atoms with Gasteiger partial charge in [-0.25, -0.2) is 0 Å². The predicted molar refractivity (Wildman–Crippen MR) is 99.3 cm³/mol. The lowest BCUT2D eigenvalue weighted by Crippen LogP contribution is -2.40. The molecule has 1 amide bonds. The highest BCUT2D eigenvalue weighted by atomic mass is 16.5. The number of carbonyl (C=O) groups is 2. The number of rotatable bonds is 12. The first-order valence-electron chi connectivity index (χ1n) is 10.1. The molecule has 1 fully saturated rings. The summed E-state index contributed by atoms with van der Waals surface area (Å²) in [5, 5.41) is 0. The van der Waals surface area contributed by atoms with E-state index in [1.54, 1.807) is 14.0 Å². The van der Waals surface area contributed by atoms with Gasteiger partial charge in [-0.05, 0) is 44.9 Å². The quantitative estimate of drug-likeness (QED) is 0.395. The third-order valence-corrected chi connectivity index (χ3v) is 5.14. The predicted octanol–water partition coefficient (Wildman–Crippen LogP) is 3.80. The Morgan fingerprint density at radius 2 is 1.76 bits per heavy atom. The zero-order valence-electron chi connectivity index (χ0n) is 16.4. The van der Waals surface area contributed by atoms with Gasteiger partial charge >= 0.3 is 5.97 Å². The maximum atomic E-state index is 12.9. The van der Waals surface area contributed by atoms with E-state index in [2.05, 4.69) is 6.92 Å². The first-order valence-corrected chi connectivity index (χ1v) is 10.1. The van der Waals surface area contributed by atoms with Gasteiger partial charge in [0.1, 0.15) is 0 Å². The molecule has 0 heterocycles. The van der Waals surface area contributed by atoms with Gasteiger partial charge in [0.05, 0.1) is 13.0 Å². The molecule has 0 N–H and O–H groups in total. The van der Waals surface area contributed by atoms with Gasteiger partial charge < -0.3 is 14.4 Å². The van der Waals surface area contributed by atoms with Gasteiger partial charge in [0.2, 0.25) is 5.91 Å². The zero-order valence-corrected chi connectivity index (χ0v) is 16.4. The number of carbonyl (C=O) groups excluding carboxylic acids is 2. The van der Waals surface area contributed by atoms with Crippen LogP contribution < -0.4 is 0 Å². The van der Waals surface area contributed by atoms with Crippen LogP contribution >= 0.6 is 0 Å². The van der Waals surface area contributed by atoms with Crippen LogP contribution in [0.3, 0.4) is 0 Å². The minimum Gasteiger partial charge on any atom is -0.466 e. The van der Waals surface area contributed by atoms with E-state index in [1.807, 2.05) is 4.90 Å². The number of hydrogen-bond donors (Lipinski definition) is 0. The van der Waals surface area contributed by atoms with Crippen LogP contribution in [0, 0.1) is 11.8 Å². The van der Waals surface area contributed by atoms with Crippen molar-refractivity contribution in [1.82, 2.24) is 4.90 Å². The summed E-state index contributed by atoms with van der Waals surface area (Å²) < 4.78 is 10.1. The molecule has 0 unspecified atom stereocenters. The molecule has 0 aromatic carbocycles. The zero-order chi connectivity index (χ0) is 18.5. The molecule has 0 spiro atoms. The van der Waals surface area contributed by atoms with Crippen LogP contribution in [0.2, 0.25) is 0 Å². The number of hydrogen-bond acceptors (Lipinski definition) is 4. The minimum absolute atomic E-state index is 0.127. The second-order valence-corrected chi connectivity index (χ2v) is 7.09. The van der Waals surface area contributed by atoms with Crippen molar-refractivity contribution in [3.05, 3.63) is 0 Å². The van der Waals surface area contributed by atoms with E-state index < -0.39 is 0 Å². The van der Waals surface area contributed by atoms with Crippen molar-refractivity contribution in [3.63, 3.8) is 0 Å². The molecule has 0 aromatic rings. The van der Waals surface area contributed by atoms with Crippen molar-refractivity contribution >= 4 is 11.9 Å². The lowest BCUT2D eigenvalue weighted by molar-refractivity contribution is -0.144. The topological polar surface area (TPSA) is 55.8 Å². The van der Waals surface area contributed by atoms with Gasteiger partial charge in [-0.15, -0.1) is 0 Å². The molecule has 1 saturated carbocycles. The summed E-state index contributed by atoms with van der Waals surface area (Å²) in [6.45, 7) is 6.16. The van der Waals surface area contributed by atoms with Gasteiger partial charge in [-0.1, -0.05) is 26.2 Å². The van der Waals surface area contributed by atoms with Crippen LogP contribution in [0.25, 0.3) is 0 Å². The van der Waals surface area contributed by atoms with Crippen molar-refractivity contribution in [1.29, 1.82) is 0 Å². The maximum Gasteiger partial charge on any atom is 0.307 e. The van der Waals surface area contributed by atoms with Gasteiger partial charge in [0.15, 0.2) is 0 Å². The fourth-order valence-corrected chi connectivity index (χ4v) is 3.64. The molecule has 0 saturated heterocycles. The number of nitrogens with zero attached hydrogens (tertiary/aromatic N) is 1. The molecular formula is C20H37NO4. The normalized spacial score (nSPS) is 20.3. The summed E-state index contributed by atoms with van der Waals surface area (Å²) >= 11 is 0. The molecule has 0 aromatic heterocycles. The molecule has 1 rings (SSSR count). The molecule has 0 aliphatic heterocycles. The van der Waals surface area contributed by atoms with Crippen LogP contribution in [0.5, 0.6) is 0 Å². The molecule has 5 heteroatoms. The second kappa shape index (κ2) is 13.2. The molecule has 5 nitrogen and oxygen atoms in total. The van der Waals surface area contributed by atoms with Crippen LogP contribution in [0.1, 0.15) is 71.6 Å². The van der Waals surface area contributed by atoms with E-state index in [4.69, 9.17) is 9.47 Å². The molecule has 0 radical (unpaired) electrons. The van der Waals surface area contributed by atoms with Gasteiger partial charge in [0, 0.05) is 32.7 Å². The summed E-state index contributed by atoms with van der Waals surface area (Å²) in [7, 11) is 1.67. The van der Waals surface area contributed by atoms with E-state index in [9.17, 15) is 9.59 Å². The summed E-state index contributed by atoms with van der Waals surface area (Å²) in [5.74, 6) is 0.915. The Hall–Kier alpha value is -1.10. The highest BCUT2D eigenvalue weighted by Crippen LogP contribution is 2.33. The number of unbranched alkanes of at least 4 members (excludes halogenated alkanes) is 1. The average molecular weight is 356 g/mol. The van der Waals surface area contributed by atoms with Crippen molar-refractivity contribution < 1.29 is 19.1 Å². The smallest absolute Gasteiger partial charge is 0.307 e. The van der Waals surface area contributed by atoms with Gasteiger partial charge in [0.25, 0.3) is 0 Å². The van der Waals surface area contributed by atoms with Crippen LogP contribution in [-0.4, -0.2) is 50.2 Å². The van der Waals surface area contributed by atoms with Crippen LogP contribution in [0.15, 0.2) is 0 Å². The van der Waals surface area contributed by atoms with E-state index >= 15 is 0 Å². The molecular weight excluding hydrogens is 318 g/mol. The monoisotopic (exact) mass is 355 g/mol. The summed E-state index contributed by atoms with van der Waals surface area (Å²) in [5.41, 5.74) is 0. The van der Waals surface area contributed by atoms with E-state index in [0.29, 0.717) is 26.3 Å². The number of ether oxygens (including phenoxy) is 2. The second-order valence-electron chi connectivity index (χ2n) is 7.09. The molecule has 0 atom stereocenters. The summed E-state index contributed by atoms with van der Waals surface area (Å²) in [6, 6.07) is 0. The van der Waals surface area contributed by atoms with Crippen LogP contribution in [0.4, 0.5) is 0 Å². The first-order chi connectivity index (χ1) is 12.1. The number of esters is 1. The maximum absolute atomic E-state index is 12.9. The minimum atomic E-state index is -0.227. The van der Waals surface area contributed by atoms with Crippen molar-refractivity contribution in [2.45, 2.75) is 71.6 Å². The Kier molecular flexibility index (Phi) is 11.5. The van der Waals surface area contributed by atoms with Gasteiger partial charge in [-0.2, -0.15) is 0 Å². The largest absolute Gasteiger partial charge is 0.466 e. The summed E-state index contributed by atoms with van der Waals surface area (Å²) in [4.78, 5) is 26.4. The highest BCUT2D eigenvalue weighted by Gasteiger charge is 2.29. The summed E-state index contributed by atoms with van der Waals surface area (Å²) in [6.07, 6.45) is 9.25. The first kappa shape index (κ1) is 21.9. The SMILES string of the molecule is CCCCC1CCC(C(=O)N(CCCOC)CCC(=O)OCC)CC1. The van der Waals surface area contributed by atoms with E-state index in [1.165, 1.54) is 32.1 Å². The Bertz CT molecular complexity index is 378. The van der Waals surface area contributed by atoms with Gasteiger partial charge in [-0.3, -0.25) is 9.59 Å². The van der Waals surface area contributed by atoms with Crippen molar-refractivity contribution in [2.75, 3.05) is 33.4 Å². The fraction of sp³-hybridized carbons (Fsp3) is 0.900. The average Bonchev–Trinajstić information content (AvgIpc) is 2.63. The Balaban J connectivity index is 2.49. The Labute approximate surface area is 153 Å². The third kappa shape index (κ3) is 8.70. The molecule has 1 aliphatic rings. The highest BCUT2D eigenvalue weighted by molar-refractivity contribution is 5.79. The van der Waals surface area contributed by atoms with Crippen LogP contribution in [-0.2, 0) is 19.1 Å². The van der Waals surface area contributed by atoms with E-state index in [0.717, 1.165) is 25.2 Å². The number of methoxy groups -OCH3 is 1. The molecule has 1 aliphatic carbocycles. The fourth-order valence-electron chi connectivity index (χ4n) is 3.64. The Morgan fingerprint density at radius 1 is 1.04 bits per heavy atom. The van der Waals surface area contributed by atoms with Crippen molar-refractivity contribution in [2.24, 2.45) is 11.8 Å². The molecule has 0 bridgehead atoms. The standard InChI is InChI=1S/C20H37NO4/c1-4-6-8-17-9-11-18(12-10-17)20(23)21(14-7-16-24-3)15-13-19(22)25-5-2/h17-18H,4-16H2,1-3H3. The van der Waals surface area contributed by atoms with Crippen molar-refractivity contribution in [3.8, 4) is 0 Å². The number of amides is 1. The lowest BCUT2D eigenvalue weighted by Gasteiger charge is -2.32. The van der Waals surface area contributed by atoms with E-state index in [-0.39, 0.29) is 24.2 Å². The molecule has 146 valence electrons.